The van der Waals surface area contributed by atoms with E-state index in [1.54, 1.807) is 6.92 Å². The molecule has 3 nitrogen and oxygen atoms in total. The molecule has 2 N–H and O–H groups in total. The van der Waals surface area contributed by atoms with E-state index in [4.69, 9.17) is 5.41 Å². The van der Waals surface area contributed by atoms with Gasteiger partial charge in [-0.15, -0.1) is 0 Å². The van der Waals surface area contributed by atoms with Gasteiger partial charge in [0.15, 0.2) is 0 Å². The maximum Gasteiger partial charge on any atom is 0.433 e. The van der Waals surface area contributed by atoms with E-state index in [0.717, 1.165) is 12.3 Å². The average Bonchev–Trinajstić information content (AvgIpc) is 2.16. The highest BCUT2D eigenvalue weighted by atomic mass is 19.4. The zero-order chi connectivity index (χ0) is 12.2. The lowest BCUT2D eigenvalue weighted by atomic mass is 10.3. The Morgan fingerprint density at radius 1 is 1.50 bits per heavy atom. The third kappa shape index (κ3) is 3.72. The Morgan fingerprint density at radius 2 is 2.19 bits per heavy atom. The van der Waals surface area contributed by atoms with Crippen LogP contribution >= 0.6 is 0 Å². The summed E-state index contributed by atoms with van der Waals surface area (Å²) in [6.07, 6.45) is -0.527. The van der Waals surface area contributed by atoms with Crippen LogP contribution in [0.4, 0.5) is 18.9 Å². The molecule has 0 aliphatic carbocycles. The van der Waals surface area contributed by atoms with E-state index in [-0.39, 0.29) is 5.69 Å². The first-order valence-corrected chi connectivity index (χ1v) is 4.41. The zero-order valence-electron chi connectivity index (χ0n) is 8.47. The third-order valence-electron chi connectivity index (χ3n) is 1.63. The van der Waals surface area contributed by atoms with Crippen molar-refractivity contribution in [3.63, 3.8) is 0 Å². The Morgan fingerprint density at radius 3 is 2.75 bits per heavy atom. The number of nitrogens with one attached hydrogen (secondary N) is 2. The fraction of sp³-hybridized carbons (Fsp3) is 0.200. The molecule has 0 aliphatic rings. The van der Waals surface area contributed by atoms with Gasteiger partial charge in [0.1, 0.15) is 5.69 Å². The molecule has 0 radical (unpaired) electrons. The summed E-state index contributed by atoms with van der Waals surface area (Å²) >= 11 is 0. The lowest BCUT2D eigenvalue weighted by molar-refractivity contribution is -0.141. The second-order valence-corrected chi connectivity index (χ2v) is 3.09. The summed E-state index contributed by atoms with van der Waals surface area (Å²) in [5, 5.41) is 9.71. The van der Waals surface area contributed by atoms with Crippen molar-refractivity contribution in [2.75, 3.05) is 5.32 Å². The predicted octanol–water partition coefficient (Wildman–Crippen LogP) is 3.07. The molecule has 0 aromatic carbocycles. The second kappa shape index (κ2) is 4.78. The monoisotopic (exact) mass is 229 g/mol. The summed E-state index contributed by atoms with van der Waals surface area (Å²) in [5.41, 5.74) is -0.366. The molecule has 0 aliphatic heterocycles. The fourth-order valence-corrected chi connectivity index (χ4v) is 0.938. The number of pyridine rings is 1. The number of nitrogens with zero attached hydrogens (tertiary/aromatic N) is 1. The smallest absolute Gasteiger partial charge is 0.362 e. The van der Waals surface area contributed by atoms with Crippen LogP contribution in [0.15, 0.2) is 30.6 Å². The lowest BCUT2D eigenvalue weighted by Crippen LogP contribution is -2.07. The number of aromatic nitrogens is 1. The molecule has 0 saturated carbocycles. The third-order valence-corrected chi connectivity index (χ3v) is 1.63. The Balaban J connectivity index is 2.79. The Kier molecular flexibility index (Phi) is 3.65. The molecule has 1 aromatic heterocycles. The number of hydrogen-bond acceptors (Lipinski definition) is 3. The molecular weight excluding hydrogens is 219 g/mol. The van der Waals surface area contributed by atoms with Gasteiger partial charge in [-0.1, -0.05) is 0 Å². The van der Waals surface area contributed by atoms with Crippen LogP contribution in [0, 0.1) is 5.41 Å². The average molecular weight is 229 g/mol. The van der Waals surface area contributed by atoms with E-state index in [9.17, 15) is 13.2 Å². The fourth-order valence-electron chi connectivity index (χ4n) is 0.938. The first kappa shape index (κ1) is 12.2. The number of anilines is 1. The van der Waals surface area contributed by atoms with Gasteiger partial charge in [0.25, 0.3) is 0 Å². The SMILES string of the molecule is CC(=N)/C=C\Nc1ccnc(C(F)(F)F)c1. The van der Waals surface area contributed by atoms with Crippen molar-refractivity contribution in [1.29, 1.82) is 5.41 Å². The van der Waals surface area contributed by atoms with Crippen molar-refractivity contribution in [2.24, 2.45) is 0 Å². The number of hydrogen-bond donors (Lipinski definition) is 2. The minimum absolute atomic E-state index is 0.278. The molecule has 1 heterocycles. The molecule has 1 rings (SSSR count). The van der Waals surface area contributed by atoms with E-state index < -0.39 is 11.9 Å². The second-order valence-electron chi connectivity index (χ2n) is 3.09. The van der Waals surface area contributed by atoms with Crippen molar-refractivity contribution < 1.29 is 13.2 Å². The van der Waals surface area contributed by atoms with Gasteiger partial charge in [-0.25, -0.2) is 0 Å². The van der Waals surface area contributed by atoms with E-state index in [0.29, 0.717) is 5.71 Å². The van der Waals surface area contributed by atoms with Crippen LogP contribution in [-0.4, -0.2) is 10.7 Å². The van der Waals surface area contributed by atoms with Gasteiger partial charge < -0.3 is 10.7 Å². The molecule has 86 valence electrons. The van der Waals surface area contributed by atoms with E-state index >= 15 is 0 Å². The summed E-state index contributed by atoms with van der Waals surface area (Å²) in [6, 6.07) is 2.32. The van der Waals surface area contributed by atoms with Gasteiger partial charge in [-0.2, -0.15) is 13.2 Å². The minimum atomic E-state index is -4.45. The molecule has 0 atom stereocenters. The van der Waals surface area contributed by atoms with Crippen LogP contribution in [0.25, 0.3) is 0 Å². The van der Waals surface area contributed by atoms with Crippen LogP contribution in [0.3, 0.4) is 0 Å². The molecule has 0 fully saturated rings. The predicted molar refractivity (Wildman–Crippen MR) is 55.4 cm³/mol. The van der Waals surface area contributed by atoms with Crippen molar-refractivity contribution in [2.45, 2.75) is 13.1 Å². The molecule has 6 heteroatoms. The molecule has 0 amide bonds. The molecule has 0 bridgehead atoms. The van der Waals surface area contributed by atoms with Crippen LogP contribution < -0.4 is 5.32 Å². The highest BCUT2D eigenvalue weighted by Gasteiger charge is 2.32. The van der Waals surface area contributed by atoms with Gasteiger partial charge in [-0.05, 0) is 25.1 Å². The maximum absolute atomic E-state index is 12.3. The van der Waals surface area contributed by atoms with Crippen LogP contribution in [0.5, 0.6) is 0 Å². The highest BCUT2D eigenvalue weighted by molar-refractivity contribution is 5.90. The standard InChI is InChI=1S/C10H10F3N3/c1-7(14)2-4-15-8-3-5-16-9(6-8)10(11,12)13/h2-6,14H,1H3,(H,15,16)/b4-2-,14-7?. The van der Waals surface area contributed by atoms with E-state index in [1.807, 2.05) is 0 Å². The van der Waals surface area contributed by atoms with Crippen molar-refractivity contribution in [1.82, 2.24) is 4.98 Å². The largest absolute Gasteiger partial charge is 0.433 e. The van der Waals surface area contributed by atoms with Crippen molar-refractivity contribution >= 4 is 11.4 Å². The van der Waals surface area contributed by atoms with Crippen LogP contribution in [-0.2, 0) is 6.18 Å². The summed E-state index contributed by atoms with van der Waals surface area (Å²) in [7, 11) is 0. The number of allylic oxidation sites excluding steroid dienone is 1. The van der Waals surface area contributed by atoms with Crippen molar-refractivity contribution in [3.8, 4) is 0 Å². The Hall–Kier alpha value is -1.85. The minimum Gasteiger partial charge on any atom is -0.362 e. The maximum atomic E-state index is 12.3. The number of rotatable bonds is 3. The normalized spacial score (nSPS) is 11.8. The summed E-state index contributed by atoms with van der Waals surface area (Å²) < 4.78 is 36.8. The molecule has 0 saturated heterocycles. The quantitative estimate of drug-likeness (QED) is 0.782. The van der Waals surface area contributed by atoms with E-state index in [1.165, 1.54) is 18.3 Å². The molecule has 1 aromatic rings. The summed E-state index contributed by atoms with van der Waals surface area (Å²) in [6.45, 7) is 1.56. The van der Waals surface area contributed by atoms with E-state index in [2.05, 4.69) is 10.3 Å². The number of halogens is 3. The molecular formula is C10H10F3N3. The first-order chi connectivity index (χ1) is 7.39. The zero-order valence-corrected chi connectivity index (χ0v) is 8.47. The lowest BCUT2D eigenvalue weighted by Gasteiger charge is -2.07. The topological polar surface area (TPSA) is 48.8 Å². The van der Waals surface area contributed by atoms with Crippen LogP contribution in [0.1, 0.15) is 12.6 Å². The summed E-state index contributed by atoms with van der Waals surface area (Å²) in [4.78, 5) is 3.22. The van der Waals surface area contributed by atoms with Gasteiger partial charge >= 0.3 is 6.18 Å². The van der Waals surface area contributed by atoms with Gasteiger partial charge in [0, 0.05) is 23.8 Å². The van der Waals surface area contributed by atoms with Crippen LogP contribution in [0.2, 0.25) is 0 Å². The highest BCUT2D eigenvalue weighted by Crippen LogP contribution is 2.28. The Bertz CT molecular complexity index is 410. The van der Waals surface area contributed by atoms with Gasteiger partial charge in [0.2, 0.25) is 0 Å². The molecule has 0 spiro atoms. The van der Waals surface area contributed by atoms with Crippen molar-refractivity contribution in [3.05, 3.63) is 36.3 Å². The number of alkyl halides is 3. The molecule has 16 heavy (non-hydrogen) atoms. The Labute approximate surface area is 90.5 Å². The van der Waals surface area contributed by atoms with Gasteiger partial charge in [0.05, 0.1) is 0 Å². The molecule has 0 unspecified atom stereocenters. The van der Waals surface area contributed by atoms with Gasteiger partial charge in [-0.3, -0.25) is 4.98 Å². The first-order valence-electron chi connectivity index (χ1n) is 4.41. The summed E-state index contributed by atoms with van der Waals surface area (Å²) in [5.74, 6) is 0.